The molecule has 0 saturated heterocycles. The Hall–Kier alpha value is -2.19. The van der Waals surface area contributed by atoms with E-state index in [1.165, 1.54) is 25.6 Å². The number of hydrogen-bond donors (Lipinski definition) is 0. The van der Waals surface area contributed by atoms with Crippen molar-refractivity contribution >= 4 is 33.1 Å². The molecule has 0 aliphatic heterocycles. The molecule has 0 bridgehead atoms. The molecule has 150 valence electrons. The second-order valence-electron chi connectivity index (χ2n) is 7.05. The van der Waals surface area contributed by atoms with E-state index < -0.39 is 33.1 Å². The Balaban J connectivity index is 2.02. The van der Waals surface area contributed by atoms with E-state index in [9.17, 15) is 18.0 Å². The van der Waals surface area contributed by atoms with Gasteiger partial charge in [-0.25, -0.2) is 8.42 Å². The van der Waals surface area contributed by atoms with E-state index in [2.05, 4.69) is 0 Å². The van der Waals surface area contributed by atoms with E-state index in [0.29, 0.717) is 0 Å². The van der Waals surface area contributed by atoms with Crippen LogP contribution >= 0.6 is 11.3 Å². The van der Waals surface area contributed by atoms with Gasteiger partial charge in [0.05, 0.1) is 24.9 Å². The van der Waals surface area contributed by atoms with E-state index >= 15 is 0 Å². The molecule has 8 heteroatoms. The molecule has 1 unspecified atom stereocenters. The van der Waals surface area contributed by atoms with Crippen molar-refractivity contribution in [1.29, 1.82) is 0 Å². The number of sulfone groups is 1. The van der Waals surface area contributed by atoms with Crippen LogP contribution in [0, 0.1) is 12.3 Å². The van der Waals surface area contributed by atoms with Crippen molar-refractivity contribution in [1.82, 2.24) is 0 Å². The summed E-state index contributed by atoms with van der Waals surface area (Å²) < 4.78 is 35.8. The average molecular weight is 423 g/mol. The van der Waals surface area contributed by atoms with E-state index in [4.69, 9.17) is 9.47 Å². The van der Waals surface area contributed by atoms with Gasteiger partial charge in [-0.15, -0.1) is 11.3 Å². The molecular formula is C20H22O6S2. The largest absolute Gasteiger partial charge is 0.468 e. The van der Waals surface area contributed by atoms with Crippen LogP contribution < -0.4 is 0 Å². The van der Waals surface area contributed by atoms with Gasteiger partial charge < -0.3 is 9.47 Å². The van der Waals surface area contributed by atoms with Crippen LogP contribution in [-0.4, -0.2) is 40.3 Å². The highest BCUT2D eigenvalue weighted by atomic mass is 32.2. The van der Waals surface area contributed by atoms with Gasteiger partial charge in [0.1, 0.15) is 0 Å². The Labute approximate surface area is 168 Å². The number of thiophene rings is 1. The van der Waals surface area contributed by atoms with Crippen molar-refractivity contribution in [2.45, 2.75) is 30.6 Å². The number of benzene rings is 1. The second kappa shape index (κ2) is 7.67. The number of ether oxygens (including phenoxy) is 2. The van der Waals surface area contributed by atoms with Gasteiger partial charge in [-0.2, -0.15) is 0 Å². The summed E-state index contributed by atoms with van der Waals surface area (Å²) in [6, 6.07) is 8.48. The Bertz CT molecular complexity index is 972. The van der Waals surface area contributed by atoms with Crippen molar-refractivity contribution in [3.8, 4) is 0 Å². The molecule has 0 N–H and O–H groups in total. The third-order valence-corrected chi connectivity index (χ3v) is 8.14. The summed E-state index contributed by atoms with van der Waals surface area (Å²) >= 11 is 1.44. The number of carbonyl (C=O) groups excluding carboxylic acids is 2. The van der Waals surface area contributed by atoms with Crippen LogP contribution in [0.5, 0.6) is 0 Å². The zero-order valence-corrected chi connectivity index (χ0v) is 17.6. The Morgan fingerprint density at radius 1 is 1.11 bits per heavy atom. The summed E-state index contributed by atoms with van der Waals surface area (Å²) in [6.07, 6.45) is 0.178. The van der Waals surface area contributed by atoms with Gasteiger partial charge in [-0.1, -0.05) is 17.7 Å². The van der Waals surface area contributed by atoms with Gasteiger partial charge in [0.15, 0.2) is 15.3 Å². The molecule has 2 aromatic rings. The minimum Gasteiger partial charge on any atom is -0.468 e. The highest BCUT2D eigenvalue weighted by molar-refractivity contribution is 7.91. The summed E-state index contributed by atoms with van der Waals surface area (Å²) in [5.41, 5.74) is 0.217. The second-order valence-corrected chi connectivity index (χ2v) is 10.0. The predicted molar refractivity (Wildman–Crippen MR) is 105 cm³/mol. The molecule has 0 fully saturated rings. The summed E-state index contributed by atoms with van der Waals surface area (Å²) in [7, 11) is -1.18. The predicted octanol–water partition coefficient (Wildman–Crippen LogP) is 2.89. The van der Waals surface area contributed by atoms with Gasteiger partial charge >= 0.3 is 11.9 Å². The van der Waals surface area contributed by atoms with Crippen LogP contribution in [0.2, 0.25) is 0 Å². The number of methoxy groups -OCH3 is 2. The molecule has 1 aliphatic rings. The molecule has 1 aromatic carbocycles. The lowest BCUT2D eigenvalue weighted by atomic mass is 9.70. The molecule has 1 aliphatic carbocycles. The van der Waals surface area contributed by atoms with Gasteiger partial charge in [-0.05, 0) is 42.5 Å². The molecule has 1 aromatic heterocycles. The Morgan fingerprint density at radius 3 is 2.29 bits per heavy atom. The summed E-state index contributed by atoms with van der Waals surface area (Å²) in [5.74, 6) is -2.10. The van der Waals surface area contributed by atoms with Crippen LogP contribution in [0.3, 0.4) is 0 Å². The Morgan fingerprint density at radius 2 is 1.71 bits per heavy atom. The first kappa shape index (κ1) is 20.5. The molecule has 0 radical (unpaired) electrons. The number of aryl methyl sites for hydroxylation is 1. The molecule has 6 nitrogen and oxygen atoms in total. The SMILES string of the molecule is COC(=O)C1(C(=O)OC)Cc2ccsc2C(CS(=O)(=O)c2ccc(C)cc2)C1. The first-order valence-electron chi connectivity index (χ1n) is 8.76. The first-order valence-corrected chi connectivity index (χ1v) is 11.3. The quantitative estimate of drug-likeness (QED) is 0.544. The van der Waals surface area contributed by atoms with Crippen molar-refractivity contribution < 1.29 is 27.5 Å². The van der Waals surface area contributed by atoms with Gasteiger partial charge in [0.25, 0.3) is 0 Å². The maximum absolute atomic E-state index is 13.0. The summed E-state index contributed by atoms with van der Waals surface area (Å²) in [6.45, 7) is 1.89. The summed E-state index contributed by atoms with van der Waals surface area (Å²) in [4.78, 5) is 26.3. The normalized spacial score (nSPS) is 18.2. The fourth-order valence-corrected chi connectivity index (χ4v) is 6.48. The minimum atomic E-state index is -3.61. The molecule has 28 heavy (non-hydrogen) atoms. The number of hydrogen-bond acceptors (Lipinski definition) is 7. The Kier molecular flexibility index (Phi) is 5.63. The van der Waals surface area contributed by atoms with E-state index in [1.54, 1.807) is 24.3 Å². The monoisotopic (exact) mass is 422 g/mol. The van der Waals surface area contributed by atoms with Gasteiger partial charge in [0, 0.05) is 17.2 Å². The lowest BCUT2D eigenvalue weighted by Gasteiger charge is -2.36. The number of carbonyl (C=O) groups is 2. The number of esters is 2. The molecule has 3 rings (SSSR count). The van der Waals surface area contributed by atoms with E-state index in [-0.39, 0.29) is 23.5 Å². The van der Waals surface area contributed by atoms with Crippen LogP contribution in [0.4, 0.5) is 0 Å². The molecule has 1 atom stereocenters. The minimum absolute atomic E-state index is 0.0327. The lowest BCUT2D eigenvalue weighted by molar-refractivity contribution is -0.170. The van der Waals surface area contributed by atoms with Crippen molar-refractivity contribution in [2.75, 3.05) is 20.0 Å². The van der Waals surface area contributed by atoms with E-state index in [1.807, 2.05) is 18.4 Å². The van der Waals surface area contributed by atoms with Crippen molar-refractivity contribution in [3.63, 3.8) is 0 Å². The smallest absolute Gasteiger partial charge is 0.323 e. The molecule has 1 heterocycles. The molecule has 0 amide bonds. The molecule has 0 saturated carbocycles. The van der Waals surface area contributed by atoms with Crippen molar-refractivity contribution in [2.24, 2.45) is 5.41 Å². The summed E-state index contributed by atoms with van der Waals surface area (Å²) in [5, 5.41) is 1.85. The van der Waals surface area contributed by atoms with Crippen LogP contribution in [-0.2, 0) is 35.3 Å². The highest BCUT2D eigenvalue weighted by Crippen LogP contribution is 2.47. The van der Waals surface area contributed by atoms with Crippen molar-refractivity contribution in [3.05, 3.63) is 51.7 Å². The number of rotatable bonds is 5. The third kappa shape index (κ3) is 3.58. The average Bonchev–Trinajstić information content (AvgIpc) is 3.15. The van der Waals surface area contributed by atoms with E-state index in [0.717, 1.165) is 16.0 Å². The fourth-order valence-electron chi connectivity index (χ4n) is 3.79. The maximum atomic E-state index is 13.0. The van der Waals surface area contributed by atoms with Gasteiger partial charge in [-0.3, -0.25) is 9.59 Å². The van der Waals surface area contributed by atoms with Crippen LogP contribution in [0.15, 0.2) is 40.6 Å². The highest BCUT2D eigenvalue weighted by Gasteiger charge is 2.53. The van der Waals surface area contributed by atoms with Crippen LogP contribution in [0.1, 0.15) is 28.3 Å². The maximum Gasteiger partial charge on any atom is 0.323 e. The zero-order chi connectivity index (χ0) is 20.5. The zero-order valence-electron chi connectivity index (χ0n) is 15.9. The standard InChI is InChI=1S/C20H22O6S2/c1-13-4-6-16(7-5-13)28(23,24)12-15-11-20(18(21)25-2,19(22)26-3)10-14-8-9-27-17(14)15/h4-9,15H,10-12H2,1-3H3. The van der Waals surface area contributed by atoms with Crippen LogP contribution in [0.25, 0.3) is 0 Å². The third-order valence-electron chi connectivity index (χ3n) is 5.19. The fraction of sp³-hybridized carbons (Fsp3) is 0.400. The molecular weight excluding hydrogens is 400 g/mol. The molecule has 0 spiro atoms. The lowest BCUT2D eigenvalue weighted by Crippen LogP contribution is -2.47. The topological polar surface area (TPSA) is 86.7 Å². The van der Waals surface area contributed by atoms with Gasteiger partial charge in [0.2, 0.25) is 0 Å². The number of fused-ring (bicyclic) bond motifs is 1. The first-order chi connectivity index (χ1) is 13.2.